The maximum absolute atomic E-state index is 14.1. The normalized spacial score (nSPS) is 28.1. The number of rotatable bonds is 3. The molecule has 1 fully saturated rings. The summed E-state index contributed by atoms with van der Waals surface area (Å²) in [4.78, 5) is 12.8. The fourth-order valence-corrected chi connectivity index (χ4v) is 4.15. The lowest BCUT2D eigenvalue weighted by Gasteiger charge is -2.43. The van der Waals surface area contributed by atoms with Gasteiger partial charge in [0.2, 0.25) is 0 Å². The third-order valence-corrected chi connectivity index (χ3v) is 6.45. The van der Waals surface area contributed by atoms with Gasteiger partial charge in [-0.25, -0.2) is 0 Å². The maximum Gasteiger partial charge on any atom is 0.439 e. The lowest BCUT2D eigenvalue weighted by molar-refractivity contribution is -0.314. The minimum atomic E-state index is -5.06. The highest BCUT2D eigenvalue weighted by Crippen LogP contribution is 2.52. The number of hydrazone groups is 1. The molecule has 2 aliphatic rings. The van der Waals surface area contributed by atoms with E-state index in [1.807, 2.05) is 20.8 Å². The van der Waals surface area contributed by atoms with Gasteiger partial charge in [-0.05, 0) is 54.9 Å². The molecule has 1 aromatic rings. The van der Waals surface area contributed by atoms with E-state index in [-0.39, 0.29) is 39.8 Å². The second-order valence-electron chi connectivity index (χ2n) is 8.35. The Morgan fingerprint density at radius 3 is 2.43 bits per heavy atom. The molecule has 2 N–H and O–H groups in total. The highest BCUT2D eigenvalue weighted by Gasteiger charge is 2.69. The van der Waals surface area contributed by atoms with Crippen LogP contribution in [0.3, 0.4) is 0 Å². The van der Waals surface area contributed by atoms with E-state index in [4.69, 9.17) is 0 Å². The molecular weight excluding hydrogens is 373 g/mol. The molecule has 3 atom stereocenters. The molecule has 3 rings (SSSR count). The van der Waals surface area contributed by atoms with Crippen molar-refractivity contribution in [1.29, 1.82) is 0 Å². The molecule has 1 saturated carbocycles. The van der Waals surface area contributed by atoms with Gasteiger partial charge in [0.15, 0.2) is 0 Å². The van der Waals surface area contributed by atoms with Crippen molar-refractivity contribution in [3.8, 4) is 5.75 Å². The number of aromatic hydroxyl groups is 1. The second-order valence-corrected chi connectivity index (χ2v) is 8.35. The molecule has 0 unspecified atom stereocenters. The number of alkyl halides is 3. The Morgan fingerprint density at radius 1 is 1.29 bits per heavy atom. The van der Waals surface area contributed by atoms with E-state index in [0.29, 0.717) is 12.8 Å². The summed E-state index contributed by atoms with van der Waals surface area (Å²) in [5.41, 5.74) is -3.42. The summed E-state index contributed by atoms with van der Waals surface area (Å²) in [7, 11) is 0. The van der Waals surface area contributed by atoms with E-state index in [9.17, 15) is 28.2 Å². The van der Waals surface area contributed by atoms with Gasteiger partial charge in [0.05, 0.1) is 5.92 Å². The van der Waals surface area contributed by atoms with Gasteiger partial charge in [0.1, 0.15) is 5.75 Å². The topological polar surface area (TPSA) is 73.1 Å². The molecule has 5 nitrogen and oxygen atoms in total. The molecule has 0 spiro atoms. The van der Waals surface area contributed by atoms with E-state index >= 15 is 0 Å². The standard InChI is InChI=1S/C20H25F3N2O3/c1-4-18(2,3)13-7-10-16-15(11-13)19(28,20(21,22)23)25(24-16)17(27)12-5-8-14(26)9-6-12/h5-6,8-9,13,15,26,28H,4,7,10-11H2,1-3H3/t13-,15-,19+/m1/s1. The van der Waals surface area contributed by atoms with E-state index in [1.54, 1.807) is 0 Å². The summed E-state index contributed by atoms with van der Waals surface area (Å²) in [5, 5.41) is 24.3. The van der Waals surface area contributed by atoms with Crippen molar-refractivity contribution in [1.82, 2.24) is 5.01 Å². The number of phenolic OH excluding ortho intramolecular Hbond substituents is 1. The van der Waals surface area contributed by atoms with Crippen LogP contribution in [0, 0.1) is 17.3 Å². The third kappa shape index (κ3) is 3.17. The average molecular weight is 398 g/mol. The number of fused-ring (bicyclic) bond motifs is 1. The Kier molecular flexibility index (Phi) is 4.98. The zero-order chi connectivity index (χ0) is 20.9. The maximum atomic E-state index is 14.1. The van der Waals surface area contributed by atoms with Crippen molar-refractivity contribution >= 4 is 11.6 Å². The SMILES string of the molecule is CCC(C)(C)[C@@H]1CCC2=NN(C(=O)c3ccc(O)cc3)[C@@](O)(C(F)(F)F)[C@@H]2C1. The summed E-state index contributed by atoms with van der Waals surface area (Å²) in [6.07, 6.45) is -3.15. The molecule has 154 valence electrons. The zero-order valence-corrected chi connectivity index (χ0v) is 16.1. The van der Waals surface area contributed by atoms with Crippen LogP contribution in [0.25, 0.3) is 0 Å². The first-order chi connectivity index (χ1) is 12.9. The fraction of sp³-hybridized carbons (Fsp3) is 0.600. The van der Waals surface area contributed by atoms with Crippen molar-refractivity contribution in [3.63, 3.8) is 0 Å². The quantitative estimate of drug-likeness (QED) is 0.797. The van der Waals surface area contributed by atoms with Crippen LogP contribution in [-0.2, 0) is 0 Å². The van der Waals surface area contributed by atoms with Crippen LogP contribution in [0.5, 0.6) is 5.75 Å². The van der Waals surface area contributed by atoms with Crippen LogP contribution in [0.15, 0.2) is 29.4 Å². The molecule has 0 bridgehead atoms. The number of amides is 1. The van der Waals surface area contributed by atoms with Crippen LogP contribution in [-0.4, -0.2) is 38.7 Å². The second kappa shape index (κ2) is 6.76. The summed E-state index contributed by atoms with van der Waals surface area (Å²) in [5.74, 6) is -2.46. The van der Waals surface area contributed by atoms with Gasteiger partial charge in [-0.2, -0.15) is 23.3 Å². The van der Waals surface area contributed by atoms with Gasteiger partial charge in [-0.3, -0.25) is 4.79 Å². The molecule has 1 heterocycles. The van der Waals surface area contributed by atoms with E-state index in [2.05, 4.69) is 5.10 Å². The van der Waals surface area contributed by atoms with Crippen LogP contribution >= 0.6 is 0 Å². The predicted molar refractivity (Wildman–Crippen MR) is 97.6 cm³/mol. The highest BCUT2D eigenvalue weighted by atomic mass is 19.4. The van der Waals surface area contributed by atoms with Gasteiger partial charge < -0.3 is 10.2 Å². The van der Waals surface area contributed by atoms with Gasteiger partial charge in [0.25, 0.3) is 11.6 Å². The van der Waals surface area contributed by atoms with E-state index in [1.165, 1.54) is 24.3 Å². The number of nitrogens with zero attached hydrogens (tertiary/aromatic N) is 2. The number of hydrogen-bond acceptors (Lipinski definition) is 4. The van der Waals surface area contributed by atoms with Crippen molar-refractivity contribution in [3.05, 3.63) is 29.8 Å². The molecule has 0 saturated heterocycles. The predicted octanol–water partition coefficient (Wildman–Crippen LogP) is 4.31. The minimum absolute atomic E-state index is 0.0148. The summed E-state index contributed by atoms with van der Waals surface area (Å²) >= 11 is 0. The number of carbonyl (C=O) groups is 1. The minimum Gasteiger partial charge on any atom is -0.508 e. The first-order valence-corrected chi connectivity index (χ1v) is 9.42. The van der Waals surface area contributed by atoms with Gasteiger partial charge >= 0.3 is 6.18 Å². The summed E-state index contributed by atoms with van der Waals surface area (Å²) in [6.45, 7) is 6.02. The van der Waals surface area contributed by atoms with Crippen LogP contribution in [0.2, 0.25) is 0 Å². The summed E-state index contributed by atoms with van der Waals surface area (Å²) < 4.78 is 42.2. The Morgan fingerprint density at radius 2 is 1.89 bits per heavy atom. The first-order valence-electron chi connectivity index (χ1n) is 9.42. The summed E-state index contributed by atoms with van der Waals surface area (Å²) in [6, 6.07) is 4.82. The monoisotopic (exact) mass is 398 g/mol. The Hall–Kier alpha value is -2.09. The molecule has 28 heavy (non-hydrogen) atoms. The highest BCUT2D eigenvalue weighted by molar-refractivity contribution is 5.99. The molecule has 1 aliphatic carbocycles. The fourth-order valence-electron chi connectivity index (χ4n) is 4.15. The van der Waals surface area contributed by atoms with Crippen LogP contribution < -0.4 is 0 Å². The molecule has 8 heteroatoms. The Bertz CT molecular complexity index is 789. The molecule has 1 aromatic carbocycles. The van der Waals surface area contributed by atoms with Crippen molar-refractivity contribution in [2.75, 3.05) is 0 Å². The van der Waals surface area contributed by atoms with Gasteiger partial charge in [-0.15, -0.1) is 0 Å². The van der Waals surface area contributed by atoms with Crippen molar-refractivity contribution < 1.29 is 28.2 Å². The molecule has 1 amide bonds. The third-order valence-electron chi connectivity index (χ3n) is 6.45. The molecular formula is C20H25F3N2O3. The van der Waals surface area contributed by atoms with Crippen LogP contribution in [0.1, 0.15) is 56.8 Å². The number of aliphatic hydroxyl groups is 1. The van der Waals surface area contributed by atoms with Crippen LogP contribution in [0.4, 0.5) is 13.2 Å². The lowest BCUT2D eigenvalue weighted by atomic mass is 9.64. The Balaban J connectivity index is 2.00. The van der Waals surface area contributed by atoms with Crippen molar-refractivity contribution in [2.24, 2.45) is 22.4 Å². The number of halogens is 3. The first kappa shape index (κ1) is 20.6. The number of hydrogen-bond donors (Lipinski definition) is 2. The average Bonchev–Trinajstić information content (AvgIpc) is 2.95. The number of phenols is 1. The van der Waals surface area contributed by atoms with Crippen molar-refractivity contribution in [2.45, 2.75) is 58.4 Å². The Labute approximate surface area is 161 Å². The van der Waals surface area contributed by atoms with E-state index < -0.39 is 23.7 Å². The van der Waals surface area contributed by atoms with Gasteiger partial charge in [-0.1, -0.05) is 27.2 Å². The number of benzene rings is 1. The van der Waals surface area contributed by atoms with Gasteiger partial charge in [0, 0.05) is 11.3 Å². The van der Waals surface area contributed by atoms with E-state index in [0.717, 1.165) is 6.42 Å². The lowest BCUT2D eigenvalue weighted by Crippen LogP contribution is -2.62. The molecule has 0 aromatic heterocycles. The number of carbonyl (C=O) groups excluding carboxylic acids is 1. The largest absolute Gasteiger partial charge is 0.508 e. The molecule has 1 aliphatic heterocycles. The smallest absolute Gasteiger partial charge is 0.439 e. The molecule has 0 radical (unpaired) electrons. The zero-order valence-electron chi connectivity index (χ0n) is 16.1.